The standard InChI is InChI=1S/C21H40N4O6S/c1-11(2)9-14(22)18(27)23-15(7-8-32-6)19(28)25-17(13(5)26)20(29)24-16(21(30)31)10-12(3)4/h11-17,26H,7-10,22H2,1-6H3,(H,23,27)(H,24,29)(H,25,28)(H,30,31). The van der Waals surface area contributed by atoms with E-state index in [1.54, 1.807) is 0 Å². The van der Waals surface area contributed by atoms with Crippen LogP contribution in [0.15, 0.2) is 0 Å². The van der Waals surface area contributed by atoms with Crippen molar-refractivity contribution in [2.45, 2.75) is 84.2 Å². The Morgan fingerprint density at radius 3 is 1.81 bits per heavy atom. The second-order valence-corrected chi connectivity index (χ2v) is 9.82. The van der Waals surface area contributed by atoms with E-state index >= 15 is 0 Å². The first-order valence-electron chi connectivity index (χ1n) is 10.9. The quantitative estimate of drug-likeness (QED) is 0.193. The number of aliphatic carboxylic acids is 1. The van der Waals surface area contributed by atoms with E-state index < -0.39 is 54.0 Å². The van der Waals surface area contributed by atoms with Gasteiger partial charge in [-0.2, -0.15) is 11.8 Å². The molecule has 0 aliphatic rings. The lowest BCUT2D eigenvalue weighted by Crippen LogP contribution is -2.60. The molecular formula is C21H40N4O6S. The summed E-state index contributed by atoms with van der Waals surface area (Å²) in [7, 11) is 0. The summed E-state index contributed by atoms with van der Waals surface area (Å²) in [5.41, 5.74) is 5.91. The van der Waals surface area contributed by atoms with Gasteiger partial charge in [-0.1, -0.05) is 27.7 Å². The number of nitrogens with one attached hydrogen (secondary N) is 3. The summed E-state index contributed by atoms with van der Waals surface area (Å²) in [5.74, 6) is -2.36. The second kappa shape index (κ2) is 15.1. The molecule has 0 aromatic rings. The second-order valence-electron chi connectivity index (χ2n) is 8.83. The van der Waals surface area contributed by atoms with Gasteiger partial charge in [0.15, 0.2) is 0 Å². The lowest BCUT2D eigenvalue weighted by molar-refractivity contribution is -0.143. The van der Waals surface area contributed by atoms with E-state index in [1.165, 1.54) is 18.7 Å². The molecule has 0 bridgehead atoms. The number of hydrogen-bond acceptors (Lipinski definition) is 7. The number of aliphatic hydroxyl groups excluding tert-OH is 1. The molecule has 186 valence electrons. The predicted octanol–water partition coefficient (Wildman–Crippen LogP) is 0.0788. The summed E-state index contributed by atoms with van der Waals surface area (Å²) in [5, 5.41) is 26.9. The van der Waals surface area contributed by atoms with Gasteiger partial charge < -0.3 is 31.9 Å². The van der Waals surface area contributed by atoms with Crippen LogP contribution < -0.4 is 21.7 Å². The molecule has 3 amide bonds. The van der Waals surface area contributed by atoms with Crippen LogP contribution in [0.1, 0.15) is 53.9 Å². The normalized spacial score (nSPS) is 16.1. The smallest absolute Gasteiger partial charge is 0.326 e. The maximum atomic E-state index is 12.9. The van der Waals surface area contributed by atoms with Crippen molar-refractivity contribution in [1.82, 2.24) is 16.0 Å². The zero-order valence-corrected chi connectivity index (χ0v) is 20.7. The number of hydrogen-bond donors (Lipinski definition) is 6. The average molecular weight is 477 g/mol. The summed E-state index contributed by atoms with van der Waals surface area (Å²) >= 11 is 1.49. The van der Waals surface area contributed by atoms with E-state index in [2.05, 4.69) is 16.0 Å². The topological polar surface area (TPSA) is 171 Å². The van der Waals surface area contributed by atoms with Crippen molar-refractivity contribution < 1.29 is 29.4 Å². The van der Waals surface area contributed by atoms with E-state index in [1.807, 2.05) is 34.0 Å². The molecule has 0 rings (SSSR count). The highest BCUT2D eigenvalue weighted by Crippen LogP contribution is 2.08. The Balaban J connectivity index is 5.36. The van der Waals surface area contributed by atoms with E-state index in [9.17, 15) is 29.4 Å². The van der Waals surface area contributed by atoms with E-state index in [4.69, 9.17) is 5.73 Å². The van der Waals surface area contributed by atoms with Gasteiger partial charge in [-0.3, -0.25) is 14.4 Å². The minimum absolute atomic E-state index is 0.0113. The van der Waals surface area contributed by atoms with Crippen LogP contribution in [0.4, 0.5) is 0 Å². The van der Waals surface area contributed by atoms with Gasteiger partial charge in [-0.15, -0.1) is 0 Å². The fourth-order valence-electron chi connectivity index (χ4n) is 3.01. The number of rotatable bonds is 15. The lowest BCUT2D eigenvalue weighted by Gasteiger charge is -2.27. The van der Waals surface area contributed by atoms with Gasteiger partial charge in [0.05, 0.1) is 12.1 Å². The van der Waals surface area contributed by atoms with E-state index in [-0.39, 0.29) is 18.3 Å². The highest BCUT2D eigenvalue weighted by Gasteiger charge is 2.32. The van der Waals surface area contributed by atoms with Crippen LogP contribution >= 0.6 is 11.8 Å². The molecule has 0 heterocycles. The van der Waals surface area contributed by atoms with Crippen molar-refractivity contribution in [2.75, 3.05) is 12.0 Å². The molecule has 0 spiro atoms. The zero-order valence-electron chi connectivity index (χ0n) is 19.9. The van der Waals surface area contributed by atoms with E-state index in [0.29, 0.717) is 18.6 Å². The number of thioether (sulfide) groups is 1. The first kappa shape index (κ1) is 30.1. The third-order valence-electron chi connectivity index (χ3n) is 4.69. The molecule has 0 saturated carbocycles. The Morgan fingerprint density at radius 2 is 1.38 bits per heavy atom. The third-order valence-corrected chi connectivity index (χ3v) is 5.33. The lowest BCUT2D eigenvalue weighted by atomic mass is 10.0. The summed E-state index contributed by atoms with van der Waals surface area (Å²) in [6, 6.07) is -4.26. The monoisotopic (exact) mass is 476 g/mol. The van der Waals surface area contributed by atoms with Crippen molar-refractivity contribution in [2.24, 2.45) is 17.6 Å². The van der Waals surface area contributed by atoms with Gasteiger partial charge in [-0.25, -0.2) is 4.79 Å². The average Bonchev–Trinajstić information content (AvgIpc) is 2.66. The number of aliphatic hydroxyl groups is 1. The number of carbonyl (C=O) groups excluding carboxylic acids is 3. The molecule has 5 atom stereocenters. The molecule has 0 aliphatic heterocycles. The molecule has 32 heavy (non-hydrogen) atoms. The minimum atomic E-state index is -1.38. The Labute approximate surface area is 194 Å². The fraction of sp³-hybridized carbons (Fsp3) is 0.810. The van der Waals surface area contributed by atoms with Crippen LogP contribution in [0.5, 0.6) is 0 Å². The number of carboxylic acid groups (broad SMARTS) is 1. The van der Waals surface area contributed by atoms with Crippen molar-refractivity contribution in [3.63, 3.8) is 0 Å². The van der Waals surface area contributed by atoms with Crippen molar-refractivity contribution in [1.29, 1.82) is 0 Å². The Hall–Kier alpha value is -1.85. The Kier molecular flexibility index (Phi) is 14.2. The molecule has 0 fully saturated rings. The molecule has 5 unspecified atom stereocenters. The zero-order chi connectivity index (χ0) is 25.0. The predicted molar refractivity (Wildman–Crippen MR) is 125 cm³/mol. The maximum absolute atomic E-state index is 12.9. The van der Waals surface area contributed by atoms with Gasteiger partial charge in [-0.05, 0) is 50.0 Å². The van der Waals surface area contributed by atoms with Crippen molar-refractivity contribution in [3.8, 4) is 0 Å². The summed E-state index contributed by atoms with van der Waals surface area (Å²) < 4.78 is 0. The molecule has 0 aromatic heterocycles. The Bertz CT molecular complexity index is 629. The molecule has 11 heteroatoms. The minimum Gasteiger partial charge on any atom is -0.480 e. The number of carbonyl (C=O) groups is 4. The molecular weight excluding hydrogens is 436 g/mol. The largest absolute Gasteiger partial charge is 0.480 e. The van der Waals surface area contributed by atoms with Crippen LogP contribution in [0.3, 0.4) is 0 Å². The molecule has 0 aromatic carbocycles. The molecule has 10 nitrogen and oxygen atoms in total. The van der Waals surface area contributed by atoms with Crippen LogP contribution in [0.2, 0.25) is 0 Å². The number of carboxylic acids is 1. The van der Waals surface area contributed by atoms with Gasteiger partial charge in [0.1, 0.15) is 18.1 Å². The first-order chi connectivity index (χ1) is 14.8. The molecule has 0 aliphatic carbocycles. The van der Waals surface area contributed by atoms with Crippen molar-refractivity contribution in [3.05, 3.63) is 0 Å². The number of amides is 3. The fourth-order valence-corrected chi connectivity index (χ4v) is 3.48. The van der Waals surface area contributed by atoms with Gasteiger partial charge >= 0.3 is 5.97 Å². The highest BCUT2D eigenvalue weighted by atomic mass is 32.2. The molecule has 7 N–H and O–H groups in total. The van der Waals surface area contributed by atoms with Gasteiger partial charge in [0.2, 0.25) is 17.7 Å². The van der Waals surface area contributed by atoms with E-state index in [0.717, 1.165) is 0 Å². The van der Waals surface area contributed by atoms with Gasteiger partial charge in [0, 0.05) is 0 Å². The van der Waals surface area contributed by atoms with Crippen LogP contribution in [0.25, 0.3) is 0 Å². The van der Waals surface area contributed by atoms with Crippen LogP contribution in [0, 0.1) is 11.8 Å². The Morgan fingerprint density at radius 1 is 0.844 bits per heavy atom. The number of nitrogens with two attached hydrogens (primary N) is 1. The SMILES string of the molecule is CSCCC(NC(=O)C(N)CC(C)C)C(=O)NC(C(=O)NC(CC(C)C)C(=O)O)C(C)O. The highest BCUT2D eigenvalue weighted by molar-refractivity contribution is 7.98. The maximum Gasteiger partial charge on any atom is 0.326 e. The first-order valence-corrected chi connectivity index (χ1v) is 12.3. The van der Waals surface area contributed by atoms with Crippen LogP contribution in [-0.2, 0) is 19.2 Å². The summed E-state index contributed by atoms with van der Waals surface area (Å²) in [6.45, 7) is 8.82. The van der Waals surface area contributed by atoms with Crippen LogP contribution in [-0.4, -0.2) is 76.2 Å². The van der Waals surface area contributed by atoms with Crippen molar-refractivity contribution >= 4 is 35.5 Å². The summed E-state index contributed by atoms with van der Waals surface area (Å²) in [6.07, 6.45) is 1.52. The third kappa shape index (κ3) is 11.7. The van der Waals surface area contributed by atoms with Gasteiger partial charge in [0.25, 0.3) is 0 Å². The molecule has 0 saturated heterocycles. The molecule has 0 radical (unpaired) electrons. The summed E-state index contributed by atoms with van der Waals surface area (Å²) in [4.78, 5) is 49.4.